The summed E-state index contributed by atoms with van der Waals surface area (Å²) in [5.41, 5.74) is 4.99. The Labute approximate surface area is 224 Å². The number of nitrogens with one attached hydrogen (secondary N) is 2. The Kier molecular flexibility index (Phi) is 7.26. The van der Waals surface area contributed by atoms with E-state index >= 15 is 0 Å². The normalized spacial score (nSPS) is 16.5. The van der Waals surface area contributed by atoms with Gasteiger partial charge in [-0.3, -0.25) is 9.59 Å². The minimum Gasteiger partial charge on any atom is -0.395 e. The van der Waals surface area contributed by atoms with Crippen molar-refractivity contribution in [1.82, 2.24) is 25.3 Å². The molecule has 3 heterocycles. The number of hydrogen-bond acceptors (Lipinski definition) is 8. The minimum atomic E-state index is -0.379. The number of aliphatic hydroxyl groups excluding tert-OH is 1. The third-order valence-corrected chi connectivity index (χ3v) is 7.51. The highest BCUT2D eigenvalue weighted by Gasteiger charge is 2.32. The molecule has 0 bridgehead atoms. The molecule has 5 rings (SSSR count). The molecular weight excluding hydrogens is 500 g/mol. The van der Waals surface area contributed by atoms with Crippen LogP contribution in [0.3, 0.4) is 0 Å². The number of thiazole rings is 1. The van der Waals surface area contributed by atoms with Crippen LogP contribution in [0, 0.1) is 6.92 Å². The number of carbonyl (C=O) groups excluding carboxylic acids is 2. The quantitative estimate of drug-likeness (QED) is 0.331. The van der Waals surface area contributed by atoms with Crippen molar-refractivity contribution in [3.8, 4) is 22.8 Å². The van der Waals surface area contributed by atoms with E-state index in [1.54, 1.807) is 18.3 Å². The van der Waals surface area contributed by atoms with E-state index in [1.165, 1.54) is 11.3 Å². The Bertz CT molecular complexity index is 1500. The highest BCUT2D eigenvalue weighted by Crippen LogP contribution is 2.37. The molecule has 10 heteroatoms. The van der Waals surface area contributed by atoms with Crippen LogP contribution in [0.1, 0.15) is 47.1 Å². The molecule has 0 spiro atoms. The Morgan fingerprint density at radius 3 is 2.63 bits per heavy atom. The molecule has 1 atom stereocenters. The highest BCUT2D eigenvalue weighted by atomic mass is 32.1. The van der Waals surface area contributed by atoms with Gasteiger partial charge in [-0.2, -0.15) is 0 Å². The van der Waals surface area contributed by atoms with Crippen molar-refractivity contribution in [2.45, 2.75) is 38.5 Å². The lowest BCUT2D eigenvalue weighted by Crippen LogP contribution is -2.34. The summed E-state index contributed by atoms with van der Waals surface area (Å²) >= 11 is 1.28. The van der Waals surface area contributed by atoms with Crippen molar-refractivity contribution in [3.63, 3.8) is 0 Å². The Hall–Kier alpha value is -4.02. The molecule has 38 heavy (non-hydrogen) atoms. The van der Waals surface area contributed by atoms with Gasteiger partial charge in [0.05, 0.1) is 30.2 Å². The smallest absolute Gasteiger partial charge is 0.251 e. The molecule has 0 saturated heterocycles. The zero-order valence-electron chi connectivity index (χ0n) is 21.2. The molecule has 1 aliphatic rings. The number of aromatic nitrogens is 4. The summed E-state index contributed by atoms with van der Waals surface area (Å²) in [6.07, 6.45) is 4.52. The molecule has 0 fully saturated rings. The fourth-order valence-corrected chi connectivity index (χ4v) is 5.38. The molecule has 1 aromatic carbocycles. The van der Waals surface area contributed by atoms with Crippen LogP contribution in [0.15, 0.2) is 54.0 Å². The number of anilines is 1. The fraction of sp³-hybridized carbons (Fsp3) is 0.286. The first-order valence-electron chi connectivity index (χ1n) is 12.4. The van der Waals surface area contributed by atoms with Gasteiger partial charge in [-0.05, 0) is 67.6 Å². The first-order chi connectivity index (χ1) is 18.3. The summed E-state index contributed by atoms with van der Waals surface area (Å²) in [6.45, 7) is 3.68. The highest BCUT2D eigenvalue weighted by molar-refractivity contribution is 7.14. The molecule has 0 saturated carbocycles. The largest absolute Gasteiger partial charge is 0.395 e. The van der Waals surface area contributed by atoms with Crippen LogP contribution in [0.4, 0.5) is 5.13 Å². The van der Waals surface area contributed by atoms with E-state index in [0.717, 1.165) is 36.1 Å². The lowest BCUT2D eigenvalue weighted by Gasteiger charge is -2.34. The van der Waals surface area contributed by atoms with Crippen molar-refractivity contribution in [2.75, 3.05) is 18.5 Å². The SMILES string of the molecule is Cc1nccc(-c2cccc(-c3csc(NC(=O)CNC(=O)c4ccc5c(c4)[C@@](C)(CO)CCC5)n3)n2)n1. The molecule has 9 nitrogen and oxygen atoms in total. The minimum absolute atomic E-state index is 0.0311. The number of pyridine rings is 1. The first-order valence-corrected chi connectivity index (χ1v) is 13.3. The second-order valence-electron chi connectivity index (χ2n) is 9.61. The van der Waals surface area contributed by atoms with Crippen LogP contribution in [0.2, 0.25) is 0 Å². The topological polar surface area (TPSA) is 130 Å². The van der Waals surface area contributed by atoms with Crippen molar-refractivity contribution >= 4 is 28.3 Å². The maximum atomic E-state index is 12.8. The van der Waals surface area contributed by atoms with E-state index in [9.17, 15) is 14.7 Å². The van der Waals surface area contributed by atoms with E-state index < -0.39 is 0 Å². The summed E-state index contributed by atoms with van der Waals surface area (Å²) in [4.78, 5) is 43.0. The van der Waals surface area contributed by atoms with Crippen molar-refractivity contribution in [2.24, 2.45) is 0 Å². The second kappa shape index (κ2) is 10.8. The third kappa shape index (κ3) is 5.46. The first kappa shape index (κ1) is 25.6. The lowest BCUT2D eigenvalue weighted by atomic mass is 9.71. The molecule has 4 aromatic rings. The number of nitrogens with zero attached hydrogens (tertiary/aromatic N) is 4. The molecule has 194 valence electrons. The molecule has 1 aliphatic carbocycles. The Balaban J connectivity index is 1.21. The number of fused-ring (bicyclic) bond motifs is 1. The average molecular weight is 529 g/mol. The van der Waals surface area contributed by atoms with Gasteiger partial charge in [0.2, 0.25) is 5.91 Å². The zero-order valence-corrected chi connectivity index (χ0v) is 22.0. The number of aliphatic hydroxyl groups is 1. The molecule has 0 aliphatic heterocycles. The summed E-state index contributed by atoms with van der Waals surface area (Å²) in [7, 11) is 0. The lowest BCUT2D eigenvalue weighted by molar-refractivity contribution is -0.115. The van der Waals surface area contributed by atoms with Gasteiger partial charge >= 0.3 is 0 Å². The maximum Gasteiger partial charge on any atom is 0.251 e. The molecule has 0 unspecified atom stereocenters. The summed E-state index contributed by atoms with van der Waals surface area (Å²) in [6, 6.07) is 13.0. The van der Waals surface area contributed by atoms with E-state index in [-0.39, 0.29) is 30.4 Å². The summed E-state index contributed by atoms with van der Waals surface area (Å²) < 4.78 is 0. The van der Waals surface area contributed by atoms with Gasteiger partial charge in [-0.15, -0.1) is 11.3 Å². The van der Waals surface area contributed by atoms with Gasteiger partial charge in [0.1, 0.15) is 11.5 Å². The van der Waals surface area contributed by atoms with Crippen molar-refractivity contribution < 1.29 is 14.7 Å². The van der Waals surface area contributed by atoms with Crippen LogP contribution >= 0.6 is 11.3 Å². The van der Waals surface area contributed by atoms with E-state index in [4.69, 9.17) is 0 Å². The summed E-state index contributed by atoms with van der Waals surface area (Å²) in [5, 5.41) is 17.6. The van der Waals surface area contributed by atoms with Crippen molar-refractivity contribution in [1.29, 1.82) is 0 Å². The fourth-order valence-electron chi connectivity index (χ4n) is 4.66. The predicted molar refractivity (Wildman–Crippen MR) is 146 cm³/mol. The standard InChI is InChI=1S/C28H28N6O3S/c1-17-29-12-10-23(31-17)21-6-3-7-22(32-21)24-15-38-27(33-24)34-25(36)14-30-26(37)19-9-8-18-5-4-11-28(2,16-35)20(18)13-19/h3,6-10,12-13,15,35H,4-5,11,14,16H2,1-2H3,(H,30,37)(H,33,34,36)/t28-/m1/s1. The van der Waals surface area contributed by atoms with E-state index in [2.05, 4.69) is 30.6 Å². The van der Waals surface area contributed by atoms with Gasteiger partial charge < -0.3 is 15.7 Å². The van der Waals surface area contributed by atoms with E-state index in [0.29, 0.717) is 33.6 Å². The van der Waals surface area contributed by atoms with Crippen LogP contribution in [0.5, 0.6) is 0 Å². The van der Waals surface area contributed by atoms with E-state index in [1.807, 2.05) is 49.6 Å². The summed E-state index contributed by atoms with van der Waals surface area (Å²) in [5.74, 6) is -0.0547. The van der Waals surface area contributed by atoms with Crippen LogP contribution < -0.4 is 10.6 Å². The molecule has 0 radical (unpaired) electrons. The van der Waals surface area contributed by atoms with Crippen LogP contribution in [-0.2, 0) is 16.6 Å². The maximum absolute atomic E-state index is 12.8. The predicted octanol–water partition coefficient (Wildman–Crippen LogP) is 3.93. The number of rotatable bonds is 7. The zero-order chi connectivity index (χ0) is 26.7. The monoisotopic (exact) mass is 528 g/mol. The molecule has 3 N–H and O–H groups in total. The Morgan fingerprint density at radius 2 is 1.84 bits per heavy atom. The molecule has 3 aromatic heterocycles. The molecular formula is C28H28N6O3S. The van der Waals surface area contributed by atoms with Gasteiger partial charge in [0, 0.05) is 22.6 Å². The Morgan fingerprint density at radius 1 is 1.05 bits per heavy atom. The average Bonchev–Trinajstić information content (AvgIpc) is 3.40. The van der Waals surface area contributed by atoms with Crippen LogP contribution in [0.25, 0.3) is 22.8 Å². The van der Waals surface area contributed by atoms with Gasteiger partial charge in [-0.25, -0.2) is 19.9 Å². The number of amides is 2. The number of hydrogen-bond donors (Lipinski definition) is 3. The van der Waals surface area contributed by atoms with Gasteiger partial charge in [0.15, 0.2) is 5.13 Å². The van der Waals surface area contributed by atoms with Gasteiger partial charge in [-0.1, -0.05) is 19.1 Å². The second-order valence-corrected chi connectivity index (χ2v) is 10.5. The van der Waals surface area contributed by atoms with Crippen molar-refractivity contribution in [3.05, 3.63) is 76.6 Å². The third-order valence-electron chi connectivity index (χ3n) is 6.76. The number of benzene rings is 1. The number of aryl methyl sites for hydroxylation is 2. The van der Waals surface area contributed by atoms with Crippen LogP contribution in [-0.4, -0.2) is 50.0 Å². The number of carbonyl (C=O) groups is 2. The molecule has 2 amide bonds. The van der Waals surface area contributed by atoms with Gasteiger partial charge in [0.25, 0.3) is 5.91 Å².